The van der Waals surface area contributed by atoms with E-state index in [1.807, 2.05) is 0 Å². The average Bonchev–Trinajstić information content (AvgIpc) is 2.92. The van der Waals surface area contributed by atoms with Crippen LogP contribution in [0.4, 0.5) is 0 Å². The molecule has 7 heteroatoms. The Morgan fingerprint density at radius 3 is 2.86 bits per heavy atom. The minimum atomic E-state index is -0.912. The van der Waals surface area contributed by atoms with Gasteiger partial charge in [-0.25, -0.2) is 0 Å². The minimum Gasteiger partial charge on any atom is -0.495 e. The third-order valence-electron chi connectivity index (χ3n) is 2.83. The maximum atomic E-state index is 12.0. The van der Waals surface area contributed by atoms with Gasteiger partial charge in [-0.15, -0.1) is 11.3 Å². The Bertz CT molecular complexity index is 645. The van der Waals surface area contributed by atoms with Gasteiger partial charge in [0.2, 0.25) is 0 Å². The predicted molar refractivity (Wildman–Crippen MR) is 84.6 cm³/mol. The van der Waals surface area contributed by atoms with Crippen molar-refractivity contribution in [3.63, 3.8) is 0 Å². The quantitative estimate of drug-likeness (QED) is 0.871. The molecule has 0 radical (unpaired) electrons. The lowest BCUT2D eigenvalue weighted by Gasteiger charge is -2.14. The highest BCUT2D eigenvalue weighted by Crippen LogP contribution is 2.27. The van der Waals surface area contributed by atoms with E-state index in [1.54, 1.807) is 29.6 Å². The second kappa shape index (κ2) is 7.13. The highest BCUT2D eigenvalue weighted by Gasteiger charge is 2.17. The van der Waals surface area contributed by atoms with Crippen LogP contribution in [0.15, 0.2) is 29.6 Å². The standard InChI is InChI=1S/C14H13Cl2NO3S/c1-20-12-4-5-21-13(12)14(19)17-7-11(18)9-3-2-8(15)6-10(9)16/h2-6,11,18H,7H2,1H3,(H,17,19). The fourth-order valence-electron chi connectivity index (χ4n) is 1.78. The van der Waals surface area contributed by atoms with Crippen LogP contribution in [0.5, 0.6) is 5.75 Å². The first-order chi connectivity index (χ1) is 10.0. The van der Waals surface area contributed by atoms with Crippen molar-refractivity contribution in [3.05, 3.63) is 50.1 Å². The van der Waals surface area contributed by atoms with Crippen LogP contribution in [-0.2, 0) is 0 Å². The number of hydrogen-bond acceptors (Lipinski definition) is 4. The van der Waals surface area contributed by atoms with Crippen LogP contribution in [0, 0.1) is 0 Å². The third-order valence-corrected chi connectivity index (χ3v) is 4.29. The Balaban J connectivity index is 2.01. The summed E-state index contributed by atoms with van der Waals surface area (Å²) in [5.41, 5.74) is 0.513. The van der Waals surface area contributed by atoms with Gasteiger partial charge in [0, 0.05) is 22.2 Å². The molecule has 0 aliphatic rings. The van der Waals surface area contributed by atoms with E-state index in [-0.39, 0.29) is 12.5 Å². The largest absolute Gasteiger partial charge is 0.495 e. The Hall–Kier alpha value is -1.27. The molecular weight excluding hydrogens is 333 g/mol. The predicted octanol–water partition coefficient (Wildman–Crippen LogP) is 3.53. The molecule has 21 heavy (non-hydrogen) atoms. The maximum Gasteiger partial charge on any atom is 0.265 e. The number of hydrogen-bond donors (Lipinski definition) is 2. The van der Waals surface area contributed by atoms with Gasteiger partial charge in [0.05, 0.1) is 13.2 Å². The van der Waals surface area contributed by atoms with E-state index in [1.165, 1.54) is 18.4 Å². The summed E-state index contributed by atoms with van der Waals surface area (Å²) in [6, 6.07) is 6.53. The van der Waals surface area contributed by atoms with Crippen molar-refractivity contribution in [3.8, 4) is 5.75 Å². The lowest BCUT2D eigenvalue weighted by molar-refractivity contribution is 0.0917. The van der Waals surface area contributed by atoms with E-state index in [9.17, 15) is 9.90 Å². The van der Waals surface area contributed by atoms with Gasteiger partial charge in [-0.05, 0) is 23.6 Å². The van der Waals surface area contributed by atoms with Crippen LogP contribution in [0.3, 0.4) is 0 Å². The SMILES string of the molecule is COc1ccsc1C(=O)NCC(O)c1ccc(Cl)cc1Cl. The van der Waals surface area contributed by atoms with Gasteiger partial charge >= 0.3 is 0 Å². The summed E-state index contributed by atoms with van der Waals surface area (Å²) in [6.07, 6.45) is -0.912. The lowest BCUT2D eigenvalue weighted by Crippen LogP contribution is -2.28. The lowest BCUT2D eigenvalue weighted by atomic mass is 10.1. The summed E-state index contributed by atoms with van der Waals surface area (Å²) in [5, 5.41) is 15.4. The summed E-state index contributed by atoms with van der Waals surface area (Å²) in [7, 11) is 1.50. The number of ether oxygens (including phenoxy) is 1. The zero-order valence-corrected chi connectivity index (χ0v) is 13.4. The summed E-state index contributed by atoms with van der Waals surface area (Å²) in [4.78, 5) is 12.5. The first kappa shape index (κ1) is 16.1. The monoisotopic (exact) mass is 345 g/mol. The molecule has 2 N–H and O–H groups in total. The highest BCUT2D eigenvalue weighted by atomic mass is 35.5. The molecule has 1 aromatic carbocycles. The van der Waals surface area contributed by atoms with Gasteiger partial charge in [-0.3, -0.25) is 4.79 Å². The molecule has 1 aromatic heterocycles. The fourth-order valence-corrected chi connectivity index (χ4v) is 3.08. The summed E-state index contributed by atoms with van der Waals surface area (Å²) >= 11 is 13.1. The molecule has 0 aliphatic carbocycles. The molecule has 112 valence electrons. The summed E-state index contributed by atoms with van der Waals surface area (Å²) in [6.45, 7) is 0.0429. The van der Waals surface area contributed by atoms with Crippen LogP contribution in [0.25, 0.3) is 0 Å². The highest BCUT2D eigenvalue weighted by molar-refractivity contribution is 7.12. The maximum absolute atomic E-state index is 12.0. The van der Waals surface area contributed by atoms with Crippen LogP contribution in [0.1, 0.15) is 21.3 Å². The molecule has 0 spiro atoms. The Kier molecular flexibility index (Phi) is 5.47. The number of thiophene rings is 1. The van der Waals surface area contributed by atoms with E-state index < -0.39 is 6.10 Å². The van der Waals surface area contributed by atoms with Gasteiger partial charge in [-0.2, -0.15) is 0 Å². The van der Waals surface area contributed by atoms with Crippen LogP contribution in [0.2, 0.25) is 10.0 Å². The number of carbonyl (C=O) groups excluding carboxylic acids is 1. The number of aliphatic hydroxyl groups excluding tert-OH is 1. The Morgan fingerprint density at radius 1 is 1.43 bits per heavy atom. The van der Waals surface area contributed by atoms with Crippen molar-refractivity contribution in [2.45, 2.75) is 6.10 Å². The van der Waals surface area contributed by atoms with Crippen molar-refractivity contribution in [2.75, 3.05) is 13.7 Å². The molecule has 0 bridgehead atoms. The Morgan fingerprint density at radius 2 is 2.19 bits per heavy atom. The molecule has 2 aromatic rings. The first-order valence-electron chi connectivity index (χ1n) is 6.05. The van der Waals surface area contributed by atoms with E-state index in [0.717, 1.165) is 0 Å². The number of methoxy groups -OCH3 is 1. The topological polar surface area (TPSA) is 58.6 Å². The van der Waals surface area contributed by atoms with E-state index in [2.05, 4.69) is 5.32 Å². The van der Waals surface area contributed by atoms with Crippen molar-refractivity contribution < 1.29 is 14.6 Å². The molecule has 1 unspecified atom stereocenters. The second-order valence-corrected chi connectivity index (χ2v) is 5.97. The molecule has 0 saturated carbocycles. The fraction of sp³-hybridized carbons (Fsp3) is 0.214. The zero-order valence-electron chi connectivity index (χ0n) is 11.1. The molecule has 2 rings (SSSR count). The molecule has 0 saturated heterocycles. The van der Waals surface area contributed by atoms with Crippen molar-refractivity contribution >= 4 is 40.4 Å². The van der Waals surface area contributed by atoms with Gasteiger partial charge in [0.25, 0.3) is 5.91 Å². The van der Waals surface area contributed by atoms with Gasteiger partial charge in [-0.1, -0.05) is 29.3 Å². The molecular formula is C14H13Cl2NO3S. The number of rotatable bonds is 5. The molecule has 0 aliphatic heterocycles. The minimum absolute atomic E-state index is 0.0429. The van der Waals surface area contributed by atoms with Crippen molar-refractivity contribution in [1.29, 1.82) is 0 Å². The molecule has 4 nitrogen and oxygen atoms in total. The first-order valence-corrected chi connectivity index (χ1v) is 7.69. The van der Waals surface area contributed by atoms with Gasteiger partial charge in [0.15, 0.2) is 0 Å². The van der Waals surface area contributed by atoms with E-state index >= 15 is 0 Å². The average molecular weight is 346 g/mol. The number of nitrogens with one attached hydrogen (secondary N) is 1. The van der Waals surface area contributed by atoms with Crippen molar-refractivity contribution in [2.24, 2.45) is 0 Å². The zero-order chi connectivity index (χ0) is 15.4. The number of carbonyl (C=O) groups is 1. The molecule has 1 atom stereocenters. The number of benzene rings is 1. The van der Waals surface area contributed by atoms with Gasteiger partial charge < -0.3 is 15.2 Å². The third kappa shape index (κ3) is 3.89. The smallest absolute Gasteiger partial charge is 0.265 e. The molecule has 1 heterocycles. The van der Waals surface area contributed by atoms with E-state index in [4.69, 9.17) is 27.9 Å². The van der Waals surface area contributed by atoms with Crippen LogP contribution in [-0.4, -0.2) is 24.7 Å². The van der Waals surface area contributed by atoms with Gasteiger partial charge in [0.1, 0.15) is 10.6 Å². The van der Waals surface area contributed by atoms with Crippen molar-refractivity contribution in [1.82, 2.24) is 5.32 Å². The second-order valence-electron chi connectivity index (χ2n) is 4.21. The number of aliphatic hydroxyl groups is 1. The number of halogens is 2. The molecule has 0 fully saturated rings. The van der Waals surface area contributed by atoms with Crippen LogP contribution < -0.4 is 10.1 Å². The van der Waals surface area contributed by atoms with E-state index in [0.29, 0.717) is 26.2 Å². The summed E-state index contributed by atoms with van der Waals surface area (Å²) in [5.74, 6) is 0.211. The normalized spacial score (nSPS) is 12.0. The summed E-state index contributed by atoms with van der Waals surface area (Å²) < 4.78 is 5.08. The molecule has 1 amide bonds. The van der Waals surface area contributed by atoms with Crippen LogP contribution >= 0.6 is 34.5 Å². The Labute approximate surface area is 136 Å². The number of amides is 1.